The molecule has 1 aliphatic heterocycles. The van der Waals surface area contributed by atoms with Crippen LogP contribution in [-0.4, -0.2) is 28.1 Å². The summed E-state index contributed by atoms with van der Waals surface area (Å²) in [6.07, 6.45) is 3.81. The average molecular weight is 338 g/mol. The van der Waals surface area contributed by atoms with Crippen LogP contribution in [0.25, 0.3) is 0 Å². The van der Waals surface area contributed by atoms with E-state index in [1.54, 1.807) is 35.1 Å². The van der Waals surface area contributed by atoms with Gasteiger partial charge < -0.3 is 5.32 Å². The third-order valence-corrected chi connectivity index (χ3v) is 3.97. The maximum Gasteiger partial charge on any atom is 0.259 e. The molecule has 0 atom stereocenters. The highest BCUT2D eigenvalue weighted by molar-refractivity contribution is 6.42. The molecular weight excluding hydrogens is 325 g/mol. The Morgan fingerprint density at radius 1 is 1.32 bits per heavy atom. The number of benzene rings is 1. The first-order chi connectivity index (χ1) is 10.5. The van der Waals surface area contributed by atoms with Gasteiger partial charge in [-0.3, -0.25) is 14.5 Å². The first-order valence-corrected chi connectivity index (χ1v) is 7.38. The van der Waals surface area contributed by atoms with Crippen molar-refractivity contribution in [2.24, 2.45) is 12.1 Å². The maximum absolute atomic E-state index is 12.1. The minimum absolute atomic E-state index is 0.220. The normalized spacial score (nSPS) is 14.1. The number of hydrogen-bond donors (Lipinski definition) is 1. The fraction of sp³-hybridized carbons (Fsp3) is 0.214. The molecule has 1 aromatic carbocycles. The molecule has 0 bridgehead atoms. The molecule has 114 valence electrons. The highest BCUT2D eigenvalue weighted by Gasteiger charge is 2.19. The van der Waals surface area contributed by atoms with Gasteiger partial charge >= 0.3 is 0 Å². The van der Waals surface area contributed by atoms with Crippen molar-refractivity contribution in [2.75, 3.05) is 11.6 Å². The molecule has 2 heterocycles. The second-order valence-electron chi connectivity index (χ2n) is 4.88. The van der Waals surface area contributed by atoms with Gasteiger partial charge in [-0.05, 0) is 18.2 Å². The number of hydrogen-bond acceptors (Lipinski definition) is 4. The average Bonchev–Trinajstić information content (AvgIpc) is 3.11. The monoisotopic (exact) mass is 337 g/mol. The van der Waals surface area contributed by atoms with Gasteiger partial charge in [-0.15, -0.1) is 0 Å². The maximum atomic E-state index is 12.1. The number of amides is 1. The first kappa shape index (κ1) is 14.9. The molecule has 0 spiro atoms. The number of carbonyl (C=O) groups is 1. The molecule has 0 saturated heterocycles. The Labute approximate surface area is 137 Å². The lowest BCUT2D eigenvalue weighted by molar-refractivity contribution is 0.0976. The molecule has 1 N–H and O–H groups in total. The zero-order valence-electron chi connectivity index (χ0n) is 11.8. The summed E-state index contributed by atoms with van der Waals surface area (Å²) in [5.41, 5.74) is 1.33. The predicted molar refractivity (Wildman–Crippen MR) is 86.5 cm³/mol. The molecule has 1 aliphatic rings. The van der Waals surface area contributed by atoms with E-state index in [1.165, 1.54) is 6.20 Å². The second-order valence-corrected chi connectivity index (χ2v) is 5.69. The van der Waals surface area contributed by atoms with Crippen LogP contribution < -0.4 is 10.3 Å². The Kier molecular flexibility index (Phi) is 4.04. The van der Waals surface area contributed by atoms with E-state index in [1.807, 2.05) is 6.07 Å². The van der Waals surface area contributed by atoms with E-state index in [9.17, 15) is 4.79 Å². The van der Waals surface area contributed by atoms with Gasteiger partial charge in [0, 0.05) is 26.2 Å². The van der Waals surface area contributed by atoms with Crippen molar-refractivity contribution in [3.63, 3.8) is 0 Å². The minimum Gasteiger partial charge on any atom is -0.308 e. The van der Waals surface area contributed by atoms with Gasteiger partial charge in [0.2, 0.25) is 0 Å². The molecule has 0 fully saturated rings. The molecular formula is C14H13Cl2N5O. The molecule has 0 unspecified atom stereocenters. The zero-order valence-corrected chi connectivity index (χ0v) is 13.3. The molecule has 6 nitrogen and oxygen atoms in total. The van der Waals surface area contributed by atoms with Crippen molar-refractivity contribution in [1.29, 1.82) is 0 Å². The Morgan fingerprint density at radius 2 is 2.14 bits per heavy atom. The number of anilines is 1. The summed E-state index contributed by atoms with van der Waals surface area (Å²) in [7, 11) is 1.76. The summed E-state index contributed by atoms with van der Waals surface area (Å²) in [5.74, 6) is 0.391. The number of nitrogens with zero attached hydrogens (tertiary/aromatic N) is 4. The fourth-order valence-electron chi connectivity index (χ4n) is 2.12. The van der Waals surface area contributed by atoms with E-state index < -0.39 is 0 Å². The minimum atomic E-state index is -0.220. The van der Waals surface area contributed by atoms with E-state index in [4.69, 9.17) is 23.2 Å². The number of hydrazone groups is 1. The largest absolute Gasteiger partial charge is 0.308 e. The summed E-state index contributed by atoms with van der Waals surface area (Å²) in [4.78, 5) is 12.1. The van der Waals surface area contributed by atoms with Crippen molar-refractivity contribution in [2.45, 2.75) is 6.42 Å². The number of aromatic nitrogens is 2. The van der Waals surface area contributed by atoms with Gasteiger partial charge in [0.15, 0.2) is 0 Å². The van der Waals surface area contributed by atoms with E-state index in [-0.39, 0.29) is 5.91 Å². The molecule has 1 aromatic heterocycles. The number of amidine groups is 1. The van der Waals surface area contributed by atoms with E-state index in [0.29, 0.717) is 34.4 Å². The van der Waals surface area contributed by atoms with Crippen LogP contribution in [0.1, 0.15) is 16.8 Å². The topological polar surface area (TPSA) is 62.5 Å². The lowest BCUT2D eigenvalue weighted by atomic mass is 10.3. The quantitative estimate of drug-likeness (QED) is 0.916. The van der Waals surface area contributed by atoms with E-state index in [2.05, 4.69) is 15.5 Å². The smallest absolute Gasteiger partial charge is 0.259 e. The number of nitrogens with one attached hydrogen (secondary N) is 1. The third-order valence-electron chi connectivity index (χ3n) is 3.23. The van der Waals surface area contributed by atoms with Crippen molar-refractivity contribution in [1.82, 2.24) is 15.1 Å². The molecule has 0 aliphatic carbocycles. The van der Waals surface area contributed by atoms with Gasteiger partial charge in [-0.2, -0.15) is 10.2 Å². The fourth-order valence-corrected chi connectivity index (χ4v) is 2.41. The standard InChI is InChI=1S/C14H13Cl2N5O/c1-20-8-9(7-17-20)14(22)18-13-4-5-21(19-13)10-2-3-11(15)12(16)6-10/h2-3,6-8H,4-5H2,1H3,(H,18,19,22). The van der Waals surface area contributed by atoms with Crippen molar-refractivity contribution in [3.05, 3.63) is 46.2 Å². The third kappa shape index (κ3) is 3.08. The van der Waals surface area contributed by atoms with Gasteiger partial charge in [0.25, 0.3) is 5.91 Å². The van der Waals surface area contributed by atoms with Crippen molar-refractivity contribution in [3.8, 4) is 0 Å². The van der Waals surface area contributed by atoms with Crippen molar-refractivity contribution < 1.29 is 4.79 Å². The number of aryl methyl sites for hydroxylation is 1. The first-order valence-electron chi connectivity index (χ1n) is 6.63. The lowest BCUT2D eigenvalue weighted by Crippen LogP contribution is -2.29. The van der Waals surface area contributed by atoms with E-state index in [0.717, 1.165) is 5.69 Å². The van der Waals surface area contributed by atoms with Crippen LogP contribution in [0, 0.1) is 0 Å². The van der Waals surface area contributed by atoms with Gasteiger partial charge in [-0.25, -0.2) is 0 Å². The summed E-state index contributed by atoms with van der Waals surface area (Å²) < 4.78 is 1.58. The SMILES string of the molecule is Cn1cc(C(=O)NC2=NN(c3ccc(Cl)c(Cl)c3)CC2)cn1. The second kappa shape index (κ2) is 5.98. The Hall–Kier alpha value is -2.05. The van der Waals surface area contributed by atoms with Crippen LogP contribution in [0.3, 0.4) is 0 Å². The highest BCUT2D eigenvalue weighted by Crippen LogP contribution is 2.28. The van der Waals surface area contributed by atoms with Crippen LogP contribution in [0.2, 0.25) is 10.0 Å². The lowest BCUT2D eigenvalue weighted by Gasteiger charge is -2.13. The molecule has 0 radical (unpaired) electrons. The summed E-state index contributed by atoms with van der Waals surface area (Å²) in [6.45, 7) is 0.667. The Bertz CT molecular complexity index is 755. The van der Waals surface area contributed by atoms with Gasteiger partial charge in [-0.1, -0.05) is 23.2 Å². The van der Waals surface area contributed by atoms with Crippen LogP contribution in [0.15, 0.2) is 35.7 Å². The number of halogens is 2. The highest BCUT2D eigenvalue weighted by atomic mass is 35.5. The molecule has 2 aromatic rings. The van der Waals surface area contributed by atoms with Crippen LogP contribution >= 0.6 is 23.2 Å². The molecule has 0 saturated carbocycles. The van der Waals surface area contributed by atoms with Gasteiger partial charge in [0.1, 0.15) is 5.84 Å². The zero-order chi connectivity index (χ0) is 15.7. The molecule has 1 amide bonds. The number of rotatable bonds is 2. The Balaban J connectivity index is 1.71. The van der Waals surface area contributed by atoms with Crippen LogP contribution in [-0.2, 0) is 7.05 Å². The molecule has 22 heavy (non-hydrogen) atoms. The van der Waals surface area contributed by atoms with Crippen molar-refractivity contribution >= 4 is 40.6 Å². The molecule has 8 heteroatoms. The summed E-state index contributed by atoms with van der Waals surface area (Å²) in [5, 5.41) is 13.9. The Morgan fingerprint density at radius 3 is 2.82 bits per heavy atom. The summed E-state index contributed by atoms with van der Waals surface area (Å²) in [6, 6.07) is 5.31. The molecule has 3 rings (SSSR count). The van der Waals surface area contributed by atoms with Crippen LogP contribution in [0.5, 0.6) is 0 Å². The summed E-state index contributed by atoms with van der Waals surface area (Å²) >= 11 is 11.9. The van der Waals surface area contributed by atoms with Gasteiger partial charge in [0.05, 0.1) is 27.5 Å². The van der Waals surface area contributed by atoms with E-state index >= 15 is 0 Å². The predicted octanol–water partition coefficient (Wildman–Crippen LogP) is 2.68. The number of carbonyl (C=O) groups excluding carboxylic acids is 1. The van der Waals surface area contributed by atoms with Crippen LogP contribution in [0.4, 0.5) is 5.69 Å².